The van der Waals surface area contributed by atoms with Crippen molar-refractivity contribution in [3.05, 3.63) is 51.2 Å². The molecule has 138 valence electrons. The van der Waals surface area contributed by atoms with Gasteiger partial charge in [-0.25, -0.2) is 18.4 Å². The van der Waals surface area contributed by atoms with Crippen LogP contribution in [0.1, 0.15) is 12.8 Å². The molecule has 0 amide bonds. The Morgan fingerprint density at radius 3 is 2.65 bits per heavy atom. The minimum absolute atomic E-state index is 0.0772. The van der Waals surface area contributed by atoms with Crippen molar-refractivity contribution >= 4 is 31.6 Å². The first-order chi connectivity index (χ1) is 12.4. The summed E-state index contributed by atoms with van der Waals surface area (Å²) < 4.78 is 33.3. The maximum absolute atomic E-state index is 12.9. The van der Waals surface area contributed by atoms with Crippen molar-refractivity contribution in [3.63, 3.8) is 0 Å². The highest BCUT2D eigenvalue weighted by atomic mass is 79.9. The van der Waals surface area contributed by atoms with E-state index in [2.05, 4.69) is 25.9 Å². The SMILES string of the molecule is O=[N+]([O-])c1ccccc1S(=O)(=O)N1CCCC(Oc2ncc(Br)cn2)C1. The van der Waals surface area contributed by atoms with E-state index in [1.54, 1.807) is 0 Å². The smallest absolute Gasteiger partial charge is 0.316 e. The number of para-hydroxylation sites is 1. The van der Waals surface area contributed by atoms with Crippen LogP contribution < -0.4 is 4.74 Å². The molecule has 9 nitrogen and oxygen atoms in total. The van der Waals surface area contributed by atoms with Crippen molar-refractivity contribution < 1.29 is 18.1 Å². The van der Waals surface area contributed by atoms with Crippen molar-refractivity contribution in [2.75, 3.05) is 13.1 Å². The normalized spacial score (nSPS) is 18.4. The van der Waals surface area contributed by atoms with Crippen LogP contribution in [0.3, 0.4) is 0 Å². The minimum Gasteiger partial charge on any atom is -0.459 e. The summed E-state index contributed by atoms with van der Waals surface area (Å²) in [5, 5.41) is 11.2. The van der Waals surface area contributed by atoms with Crippen molar-refractivity contribution in [2.24, 2.45) is 0 Å². The second-order valence-corrected chi connectivity index (χ2v) is 8.48. The van der Waals surface area contributed by atoms with Gasteiger partial charge in [0.1, 0.15) is 6.10 Å². The number of halogens is 1. The van der Waals surface area contributed by atoms with Crippen LogP contribution >= 0.6 is 15.9 Å². The van der Waals surface area contributed by atoms with Crippen LogP contribution in [0.15, 0.2) is 46.0 Å². The van der Waals surface area contributed by atoms with Crippen LogP contribution in [0, 0.1) is 10.1 Å². The van der Waals surface area contributed by atoms with Gasteiger partial charge in [-0.1, -0.05) is 12.1 Å². The van der Waals surface area contributed by atoms with Gasteiger partial charge in [-0.2, -0.15) is 4.31 Å². The summed E-state index contributed by atoms with van der Waals surface area (Å²) in [5.41, 5.74) is -0.438. The molecule has 1 atom stereocenters. The Morgan fingerprint density at radius 1 is 1.27 bits per heavy atom. The average Bonchev–Trinajstić information content (AvgIpc) is 2.64. The van der Waals surface area contributed by atoms with Gasteiger partial charge in [-0.15, -0.1) is 0 Å². The number of piperidine rings is 1. The van der Waals surface area contributed by atoms with Gasteiger partial charge < -0.3 is 4.74 Å². The molecule has 0 bridgehead atoms. The zero-order chi connectivity index (χ0) is 18.7. The van der Waals surface area contributed by atoms with Gasteiger partial charge in [-0.3, -0.25) is 10.1 Å². The van der Waals surface area contributed by atoms with Crippen LogP contribution in [0.25, 0.3) is 0 Å². The Bertz CT molecular complexity index is 907. The molecule has 2 aromatic rings. The molecule has 1 aromatic carbocycles. The average molecular weight is 443 g/mol. The van der Waals surface area contributed by atoms with E-state index in [1.807, 2.05) is 0 Å². The molecule has 1 saturated heterocycles. The molecule has 0 N–H and O–H groups in total. The third-order valence-corrected chi connectivity index (χ3v) is 6.21. The third-order valence-electron chi connectivity index (χ3n) is 3.89. The molecule has 11 heteroatoms. The number of sulfonamides is 1. The number of nitro benzene ring substituents is 1. The molecule has 26 heavy (non-hydrogen) atoms. The molecule has 0 spiro atoms. The molecule has 1 aromatic heterocycles. The second kappa shape index (κ2) is 7.64. The molecule has 0 saturated carbocycles. The van der Waals surface area contributed by atoms with E-state index in [-0.39, 0.29) is 24.0 Å². The van der Waals surface area contributed by atoms with Crippen LogP contribution in [0.5, 0.6) is 6.01 Å². The maximum Gasteiger partial charge on any atom is 0.316 e. The quantitative estimate of drug-likeness (QED) is 0.515. The number of rotatable bonds is 5. The Kier molecular flexibility index (Phi) is 5.49. The lowest BCUT2D eigenvalue weighted by molar-refractivity contribution is -0.387. The lowest BCUT2D eigenvalue weighted by Crippen LogP contribution is -2.44. The summed E-state index contributed by atoms with van der Waals surface area (Å²) >= 11 is 3.23. The van der Waals surface area contributed by atoms with Gasteiger partial charge in [0.2, 0.25) is 10.0 Å². The summed E-state index contributed by atoms with van der Waals surface area (Å²) in [7, 11) is -4.01. The Balaban J connectivity index is 1.80. The standard InChI is InChI=1S/C15H15BrN4O5S/c16-11-8-17-15(18-9-11)25-12-4-3-7-19(10-12)26(23,24)14-6-2-1-5-13(14)20(21)22/h1-2,5-6,8-9,12H,3-4,7,10H2. The van der Waals surface area contributed by atoms with Gasteiger partial charge in [0.15, 0.2) is 4.90 Å². The molecule has 3 rings (SSSR count). The fourth-order valence-electron chi connectivity index (χ4n) is 2.70. The van der Waals surface area contributed by atoms with E-state index in [0.717, 1.165) is 0 Å². The molecule has 2 heterocycles. The molecule has 0 radical (unpaired) electrons. The van der Waals surface area contributed by atoms with E-state index < -0.39 is 26.7 Å². The number of nitro groups is 1. The van der Waals surface area contributed by atoms with Crippen LogP contribution in [-0.2, 0) is 10.0 Å². The highest BCUT2D eigenvalue weighted by Gasteiger charge is 2.35. The largest absolute Gasteiger partial charge is 0.459 e. The molecule has 1 fully saturated rings. The van der Waals surface area contributed by atoms with E-state index in [4.69, 9.17) is 4.74 Å². The Hall–Kier alpha value is -2.11. The van der Waals surface area contributed by atoms with Crippen molar-refractivity contribution in [1.29, 1.82) is 0 Å². The van der Waals surface area contributed by atoms with E-state index >= 15 is 0 Å². The molecule has 1 unspecified atom stereocenters. The van der Waals surface area contributed by atoms with Crippen LogP contribution in [0.2, 0.25) is 0 Å². The van der Waals surface area contributed by atoms with E-state index in [1.165, 1.54) is 41.0 Å². The van der Waals surface area contributed by atoms with Crippen LogP contribution in [0.4, 0.5) is 5.69 Å². The van der Waals surface area contributed by atoms with Crippen LogP contribution in [-0.4, -0.2) is 46.8 Å². The summed E-state index contributed by atoms with van der Waals surface area (Å²) in [6, 6.07) is 5.48. The molecule has 1 aliphatic heterocycles. The van der Waals surface area contributed by atoms with Gasteiger partial charge in [-0.05, 0) is 34.8 Å². The third kappa shape index (κ3) is 4.00. The first kappa shape index (κ1) is 18.7. The van der Waals surface area contributed by atoms with Gasteiger partial charge in [0.25, 0.3) is 5.69 Å². The first-order valence-electron chi connectivity index (χ1n) is 7.75. The summed E-state index contributed by atoms with van der Waals surface area (Å²) in [4.78, 5) is 18.2. The summed E-state index contributed by atoms with van der Waals surface area (Å²) in [5.74, 6) is 0. The monoisotopic (exact) mass is 442 g/mol. The molecular formula is C15H15BrN4O5S. The fourth-order valence-corrected chi connectivity index (χ4v) is 4.57. The minimum atomic E-state index is -4.01. The van der Waals surface area contributed by atoms with Crippen molar-refractivity contribution in [2.45, 2.75) is 23.8 Å². The second-order valence-electron chi connectivity index (χ2n) is 5.65. The fraction of sp³-hybridized carbons (Fsp3) is 0.333. The number of aromatic nitrogens is 2. The maximum atomic E-state index is 12.9. The van der Waals surface area contributed by atoms with Gasteiger partial charge in [0, 0.05) is 25.0 Å². The Labute approximate surface area is 158 Å². The molecule has 0 aliphatic carbocycles. The Morgan fingerprint density at radius 2 is 1.96 bits per heavy atom. The summed E-state index contributed by atoms with van der Waals surface area (Å²) in [6.45, 7) is 0.350. The predicted octanol–water partition coefficient (Wildman–Crippen LogP) is 2.38. The zero-order valence-corrected chi connectivity index (χ0v) is 15.9. The number of ether oxygens (including phenoxy) is 1. The number of nitrogens with zero attached hydrogens (tertiary/aromatic N) is 4. The topological polar surface area (TPSA) is 116 Å². The lowest BCUT2D eigenvalue weighted by Gasteiger charge is -2.31. The highest BCUT2D eigenvalue weighted by Crippen LogP contribution is 2.28. The van der Waals surface area contributed by atoms with Crippen molar-refractivity contribution in [3.8, 4) is 6.01 Å². The summed E-state index contributed by atoms with van der Waals surface area (Å²) in [6.07, 6.45) is 3.85. The first-order valence-corrected chi connectivity index (χ1v) is 9.99. The molecular weight excluding hydrogens is 428 g/mol. The predicted molar refractivity (Wildman–Crippen MR) is 95.2 cm³/mol. The van der Waals surface area contributed by atoms with E-state index in [0.29, 0.717) is 17.3 Å². The number of benzene rings is 1. The van der Waals surface area contributed by atoms with Gasteiger partial charge >= 0.3 is 6.01 Å². The zero-order valence-electron chi connectivity index (χ0n) is 13.5. The van der Waals surface area contributed by atoms with Gasteiger partial charge in [0.05, 0.1) is 15.9 Å². The number of hydrogen-bond donors (Lipinski definition) is 0. The number of hydrogen-bond acceptors (Lipinski definition) is 7. The van der Waals surface area contributed by atoms with E-state index in [9.17, 15) is 18.5 Å². The lowest BCUT2D eigenvalue weighted by atomic mass is 10.1. The molecule has 1 aliphatic rings. The van der Waals surface area contributed by atoms with Crippen molar-refractivity contribution in [1.82, 2.24) is 14.3 Å². The highest BCUT2D eigenvalue weighted by molar-refractivity contribution is 9.10.